The number of anilines is 1. The standard InChI is InChI=1S/C33H42F2N4O6/c1-20-13-28(42-5)25(23-9-10-39(30(20)23)32(41)45-33(2,3)4)15-38-12-11-37(17-29(34)35)16-27(38)21-7-8-24(31(40)43-6)26(14-21)36-22-18-44-19-22/h7-10,13-14,22,27,29,36H,11-12,15-19H2,1-6H3/t27-/m0/s1. The van der Waals surface area contributed by atoms with Gasteiger partial charge < -0.3 is 24.3 Å². The first-order valence-corrected chi connectivity index (χ1v) is 15.1. The molecule has 2 fully saturated rings. The van der Waals surface area contributed by atoms with E-state index in [-0.39, 0.29) is 18.6 Å². The molecule has 2 aliphatic rings. The summed E-state index contributed by atoms with van der Waals surface area (Å²) in [5, 5.41) is 4.23. The first kappa shape index (κ1) is 32.6. The predicted molar refractivity (Wildman–Crippen MR) is 166 cm³/mol. The zero-order valence-corrected chi connectivity index (χ0v) is 26.7. The number of aromatic nitrogens is 1. The van der Waals surface area contributed by atoms with Gasteiger partial charge in [0.05, 0.1) is 51.1 Å². The second-order valence-corrected chi connectivity index (χ2v) is 12.6. The number of aryl methyl sites for hydroxylation is 1. The number of halogens is 2. The van der Waals surface area contributed by atoms with Gasteiger partial charge in [-0.1, -0.05) is 6.07 Å². The lowest BCUT2D eigenvalue weighted by atomic mass is 9.97. The predicted octanol–water partition coefficient (Wildman–Crippen LogP) is 5.46. The van der Waals surface area contributed by atoms with Gasteiger partial charge >= 0.3 is 12.1 Å². The molecule has 0 bridgehead atoms. The normalized spacial score (nSPS) is 18.2. The van der Waals surface area contributed by atoms with Crippen LogP contribution in [0.2, 0.25) is 0 Å². The van der Waals surface area contributed by atoms with Crippen LogP contribution in [-0.2, 0) is 20.8 Å². The van der Waals surface area contributed by atoms with Crippen LogP contribution in [0.4, 0.5) is 19.3 Å². The van der Waals surface area contributed by atoms with Crippen LogP contribution in [0.3, 0.4) is 0 Å². The fraction of sp³-hybridized carbons (Fsp3) is 0.515. The molecule has 2 saturated heterocycles. The minimum Gasteiger partial charge on any atom is -0.496 e. The second kappa shape index (κ2) is 13.3. The van der Waals surface area contributed by atoms with Gasteiger partial charge in [0, 0.05) is 55.1 Å². The summed E-state index contributed by atoms with van der Waals surface area (Å²) >= 11 is 0. The highest BCUT2D eigenvalue weighted by molar-refractivity contribution is 5.96. The lowest BCUT2D eigenvalue weighted by Gasteiger charge is -2.42. The number of carbonyl (C=O) groups excluding carboxylic acids is 2. The molecule has 0 unspecified atom stereocenters. The van der Waals surface area contributed by atoms with Crippen LogP contribution in [0.1, 0.15) is 53.9 Å². The van der Waals surface area contributed by atoms with Crippen molar-refractivity contribution in [1.29, 1.82) is 0 Å². The van der Waals surface area contributed by atoms with Gasteiger partial charge in [-0.2, -0.15) is 0 Å². The molecule has 0 amide bonds. The van der Waals surface area contributed by atoms with Crippen LogP contribution in [0.25, 0.3) is 10.9 Å². The van der Waals surface area contributed by atoms with Gasteiger partial charge in [0.1, 0.15) is 11.4 Å². The first-order valence-electron chi connectivity index (χ1n) is 15.1. The summed E-state index contributed by atoms with van der Waals surface area (Å²) in [4.78, 5) is 29.7. The number of nitrogens with one attached hydrogen (secondary N) is 1. The number of carbonyl (C=O) groups is 2. The number of nitrogens with zero attached hydrogens (tertiary/aromatic N) is 3. The molecule has 3 heterocycles. The van der Waals surface area contributed by atoms with Gasteiger partial charge in [-0.25, -0.2) is 18.4 Å². The number of hydrogen-bond acceptors (Lipinski definition) is 9. The van der Waals surface area contributed by atoms with Crippen molar-refractivity contribution in [3.05, 3.63) is 58.8 Å². The largest absolute Gasteiger partial charge is 0.496 e. The van der Waals surface area contributed by atoms with Gasteiger partial charge in [-0.15, -0.1) is 0 Å². The van der Waals surface area contributed by atoms with Crippen LogP contribution >= 0.6 is 0 Å². The maximum absolute atomic E-state index is 13.5. The molecule has 0 aliphatic carbocycles. The van der Waals surface area contributed by atoms with E-state index in [1.807, 2.05) is 52.0 Å². The number of ether oxygens (including phenoxy) is 4. The highest BCUT2D eigenvalue weighted by Crippen LogP contribution is 2.37. The monoisotopic (exact) mass is 628 g/mol. The van der Waals surface area contributed by atoms with Gasteiger partial charge in [0.25, 0.3) is 6.43 Å². The Labute approximate surface area is 262 Å². The van der Waals surface area contributed by atoms with E-state index in [0.717, 1.165) is 27.6 Å². The maximum Gasteiger partial charge on any atom is 0.419 e. The Morgan fingerprint density at radius 3 is 2.49 bits per heavy atom. The summed E-state index contributed by atoms with van der Waals surface area (Å²) < 4.78 is 50.4. The summed E-state index contributed by atoms with van der Waals surface area (Å²) in [5.41, 5.74) is 3.68. The lowest BCUT2D eigenvalue weighted by Crippen LogP contribution is -2.49. The van der Waals surface area contributed by atoms with E-state index in [9.17, 15) is 18.4 Å². The van der Waals surface area contributed by atoms with E-state index in [1.54, 1.807) is 24.3 Å². The van der Waals surface area contributed by atoms with Crippen molar-refractivity contribution in [3.8, 4) is 5.75 Å². The van der Waals surface area contributed by atoms with Gasteiger partial charge in [0.2, 0.25) is 0 Å². The highest BCUT2D eigenvalue weighted by Gasteiger charge is 2.33. The van der Waals surface area contributed by atoms with E-state index in [4.69, 9.17) is 18.9 Å². The number of methoxy groups -OCH3 is 2. The molecule has 0 radical (unpaired) electrons. The number of alkyl halides is 2. The molecule has 2 aliphatic heterocycles. The second-order valence-electron chi connectivity index (χ2n) is 12.6. The molecule has 0 spiro atoms. The number of esters is 1. The maximum atomic E-state index is 13.5. The Morgan fingerprint density at radius 2 is 1.87 bits per heavy atom. The van der Waals surface area contributed by atoms with Gasteiger partial charge in [-0.3, -0.25) is 14.4 Å². The average Bonchev–Trinajstić information content (AvgIpc) is 3.41. The van der Waals surface area contributed by atoms with Gasteiger partial charge in [0.15, 0.2) is 0 Å². The fourth-order valence-electron chi connectivity index (χ4n) is 6.03. The molecule has 3 aromatic rings. The smallest absolute Gasteiger partial charge is 0.419 e. The first-order chi connectivity index (χ1) is 21.4. The van der Waals surface area contributed by atoms with Crippen molar-refractivity contribution in [3.63, 3.8) is 0 Å². The molecule has 12 heteroatoms. The summed E-state index contributed by atoms with van der Waals surface area (Å²) in [6, 6.07) is 9.07. The van der Waals surface area contributed by atoms with Crippen molar-refractivity contribution in [1.82, 2.24) is 14.4 Å². The Kier molecular flexibility index (Phi) is 9.66. The molecular formula is C33H42F2N4O6. The van der Waals surface area contributed by atoms with Crippen molar-refractivity contribution < 1.29 is 37.3 Å². The van der Waals surface area contributed by atoms with E-state index < -0.39 is 24.1 Å². The number of fused-ring (bicyclic) bond motifs is 1. The third-order valence-electron chi connectivity index (χ3n) is 8.20. The van der Waals surface area contributed by atoms with E-state index in [1.165, 1.54) is 11.7 Å². The van der Waals surface area contributed by atoms with Crippen molar-refractivity contribution in [2.75, 3.05) is 58.9 Å². The van der Waals surface area contributed by atoms with Crippen molar-refractivity contribution in [2.24, 2.45) is 0 Å². The SMILES string of the molecule is COC(=O)c1ccc([C@@H]2CN(CC(F)F)CCN2Cc2c(OC)cc(C)c3c2ccn3C(=O)OC(C)(C)C)cc1NC1COC1. The summed E-state index contributed by atoms with van der Waals surface area (Å²) in [6.45, 7) is 9.89. The van der Waals surface area contributed by atoms with E-state index in [0.29, 0.717) is 56.4 Å². The molecular weight excluding hydrogens is 586 g/mol. The fourth-order valence-corrected chi connectivity index (χ4v) is 6.03. The third-order valence-corrected chi connectivity index (χ3v) is 8.20. The summed E-state index contributed by atoms with van der Waals surface area (Å²) in [6.07, 6.45) is -1.22. The minimum atomic E-state index is -2.46. The molecule has 1 N–H and O–H groups in total. The Balaban J connectivity index is 1.54. The van der Waals surface area contributed by atoms with E-state index >= 15 is 0 Å². The van der Waals surface area contributed by atoms with Crippen LogP contribution < -0.4 is 10.1 Å². The van der Waals surface area contributed by atoms with E-state index in [2.05, 4.69) is 10.2 Å². The molecule has 244 valence electrons. The zero-order chi connectivity index (χ0) is 32.5. The molecule has 10 nitrogen and oxygen atoms in total. The highest BCUT2D eigenvalue weighted by atomic mass is 19.3. The van der Waals surface area contributed by atoms with Crippen LogP contribution in [0.5, 0.6) is 5.75 Å². The third kappa shape index (κ3) is 7.23. The lowest BCUT2D eigenvalue weighted by molar-refractivity contribution is 0.0209. The summed E-state index contributed by atoms with van der Waals surface area (Å²) in [7, 11) is 2.95. The Bertz CT molecular complexity index is 1550. The molecule has 0 saturated carbocycles. The number of hydrogen-bond donors (Lipinski definition) is 1. The molecule has 1 aromatic heterocycles. The van der Waals surface area contributed by atoms with Crippen LogP contribution in [0.15, 0.2) is 36.5 Å². The summed E-state index contributed by atoms with van der Waals surface area (Å²) in [5.74, 6) is 0.203. The van der Waals surface area contributed by atoms with Crippen LogP contribution in [-0.4, -0.2) is 98.1 Å². The molecule has 45 heavy (non-hydrogen) atoms. The van der Waals surface area contributed by atoms with Gasteiger partial charge in [-0.05, 0) is 63.1 Å². The molecule has 5 rings (SSSR count). The Hall–Kier alpha value is -3.74. The number of piperazine rings is 1. The zero-order valence-electron chi connectivity index (χ0n) is 26.7. The van der Waals surface area contributed by atoms with Crippen molar-refractivity contribution >= 4 is 28.7 Å². The number of benzene rings is 2. The quantitative estimate of drug-likeness (QED) is 0.310. The average molecular weight is 629 g/mol. The number of rotatable bonds is 9. The molecule has 2 aromatic carbocycles. The van der Waals surface area contributed by atoms with Crippen molar-refractivity contribution in [2.45, 2.75) is 58.3 Å². The minimum absolute atomic E-state index is 0.0561. The molecule has 1 atom stereocenters. The Morgan fingerprint density at radius 1 is 1.11 bits per heavy atom. The topological polar surface area (TPSA) is 94.5 Å². The van der Waals surface area contributed by atoms with Crippen LogP contribution in [0, 0.1) is 6.92 Å².